The first-order valence-electron chi connectivity index (χ1n) is 10.7. The number of ether oxygens (including phenoxy) is 2. The molecule has 1 aliphatic rings. The van der Waals surface area contributed by atoms with Gasteiger partial charge >= 0.3 is 11.9 Å². The molecule has 2 aromatic carbocycles. The van der Waals surface area contributed by atoms with Crippen molar-refractivity contribution in [2.45, 2.75) is 13.0 Å². The molecule has 36 heavy (non-hydrogen) atoms. The third-order valence-corrected chi connectivity index (χ3v) is 7.02. The van der Waals surface area contributed by atoms with Gasteiger partial charge in [0.05, 0.1) is 34.5 Å². The van der Waals surface area contributed by atoms with Crippen LogP contribution in [0.5, 0.6) is 0 Å². The molecule has 0 N–H and O–H groups in total. The van der Waals surface area contributed by atoms with Crippen LogP contribution in [0, 0.1) is 0 Å². The highest BCUT2D eigenvalue weighted by Crippen LogP contribution is 2.31. The summed E-state index contributed by atoms with van der Waals surface area (Å²) in [7, 11) is 1.29. The molecule has 3 aromatic rings. The van der Waals surface area contributed by atoms with Gasteiger partial charge in [-0.1, -0.05) is 65.4 Å². The Balaban J connectivity index is 1.92. The van der Waals surface area contributed by atoms with Gasteiger partial charge in [-0.05, 0) is 48.4 Å². The average molecular weight is 543 g/mol. The van der Waals surface area contributed by atoms with E-state index in [1.807, 2.05) is 0 Å². The van der Waals surface area contributed by atoms with Crippen LogP contribution in [0.25, 0.3) is 6.08 Å². The Bertz CT molecular complexity index is 1590. The first-order valence-corrected chi connectivity index (χ1v) is 12.3. The van der Waals surface area contributed by atoms with Crippen LogP contribution in [0.1, 0.15) is 34.5 Å². The molecule has 0 fully saturated rings. The van der Waals surface area contributed by atoms with Crippen LogP contribution in [-0.4, -0.2) is 30.2 Å². The van der Waals surface area contributed by atoms with Crippen LogP contribution >= 0.6 is 34.5 Å². The van der Waals surface area contributed by atoms with E-state index in [9.17, 15) is 14.4 Å². The summed E-state index contributed by atoms with van der Waals surface area (Å²) < 4.78 is 11.9. The lowest BCUT2D eigenvalue weighted by Crippen LogP contribution is -2.40. The van der Waals surface area contributed by atoms with E-state index in [0.717, 1.165) is 0 Å². The number of thiazole rings is 1. The van der Waals surface area contributed by atoms with E-state index in [-0.39, 0.29) is 17.7 Å². The van der Waals surface area contributed by atoms with Crippen LogP contribution in [0.15, 0.2) is 76.2 Å². The smallest absolute Gasteiger partial charge is 0.338 e. The van der Waals surface area contributed by atoms with E-state index in [4.69, 9.17) is 32.7 Å². The fourth-order valence-corrected chi connectivity index (χ4v) is 5.29. The summed E-state index contributed by atoms with van der Waals surface area (Å²) >= 11 is 13.5. The predicted molar refractivity (Wildman–Crippen MR) is 139 cm³/mol. The van der Waals surface area contributed by atoms with Crippen molar-refractivity contribution in [2.24, 2.45) is 4.99 Å². The Labute approximate surface area is 220 Å². The number of carbonyl (C=O) groups is 2. The van der Waals surface area contributed by atoms with E-state index in [2.05, 4.69) is 11.6 Å². The summed E-state index contributed by atoms with van der Waals surface area (Å²) in [6, 6.07) is 10.7. The van der Waals surface area contributed by atoms with Gasteiger partial charge in [0.25, 0.3) is 5.56 Å². The summed E-state index contributed by atoms with van der Waals surface area (Å²) in [6.45, 7) is 5.27. The number of esters is 2. The quantitative estimate of drug-likeness (QED) is 0.346. The second kappa shape index (κ2) is 10.7. The van der Waals surface area contributed by atoms with Crippen molar-refractivity contribution in [3.05, 3.63) is 113 Å². The molecule has 1 unspecified atom stereocenters. The molecule has 1 aromatic heterocycles. The van der Waals surface area contributed by atoms with E-state index in [1.165, 1.54) is 29.1 Å². The van der Waals surface area contributed by atoms with Gasteiger partial charge < -0.3 is 9.47 Å². The standard InChI is InChI=1S/C26H20Cl2N2O5S/c1-4-11-35-25(33)21-14(2)29-26-30(22(21)15-5-7-16(8-6-15)24(32)34-3)23(31)20(36-26)12-17-9-10-18(27)13-19(17)28/h4-10,12-13,22H,1,11H2,2-3H3. The normalized spacial score (nSPS) is 15.2. The Hall–Kier alpha value is -3.46. The van der Waals surface area contributed by atoms with Crippen LogP contribution in [0.2, 0.25) is 10.0 Å². The van der Waals surface area contributed by atoms with E-state index >= 15 is 0 Å². The highest BCUT2D eigenvalue weighted by Gasteiger charge is 2.33. The highest BCUT2D eigenvalue weighted by molar-refractivity contribution is 7.07. The summed E-state index contributed by atoms with van der Waals surface area (Å²) in [5.41, 5.74) is 1.83. The van der Waals surface area contributed by atoms with Crippen LogP contribution in [0.3, 0.4) is 0 Å². The minimum Gasteiger partial charge on any atom is -0.465 e. The molecule has 184 valence electrons. The number of benzene rings is 2. The third kappa shape index (κ3) is 4.93. The molecular weight excluding hydrogens is 523 g/mol. The minimum atomic E-state index is -0.826. The van der Waals surface area contributed by atoms with Gasteiger partial charge in [-0.3, -0.25) is 9.36 Å². The zero-order valence-electron chi connectivity index (χ0n) is 19.3. The molecule has 0 aliphatic carbocycles. The molecule has 0 spiro atoms. The number of allylic oxidation sites excluding steroid dienone is 1. The third-order valence-electron chi connectivity index (χ3n) is 5.47. The van der Waals surface area contributed by atoms with Crippen molar-refractivity contribution in [1.82, 2.24) is 4.57 Å². The van der Waals surface area contributed by atoms with Crippen LogP contribution < -0.4 is 14.9 Å². The summed E-state index contributed by atoms with van der Waals surface area (Å²) in [4.78, 5) is 43.6. The number of aromatic nitrogens is 1. The van der Waals surface area contributed by atoms with E-state index in [0.29, 0.717) is 41.8 Å². The van der Waals surface area contributed by atoms with Gasteiger partial charge in [0.1, 0.15) is 6.61 Å². The number of methoxy groups -OCH3 is 1. The average Bonchev–Trinajstić information content (AvgIpc) is 3.17. The van der Waals surface area contributed by atoms with Gasteiger partial charge in [0.15, 0.2) is 4.80 Å². The molecule has 10 heteroatoms. The van der Waals surface area contributed by atoms with Gasteiger partial charge in [0, 0.05) is 10.0 Å². The number of hydrogen-bond acceptors (Lipinski definition) is 7. The number of fused-ring (bicyclic) bond motifs is 1. The van der Waals surface area contributed by atoms with E-state index < -0.39 is 18.0 Å². The molecule has 2 heterocycles. The molecule has 0 bridgehead atoms. The Kier molecular flexibility index (Phi) is 7.59. The summed E-state index contributed by atoms with van der Waals surface area (Å²) in [5, 5.41) is 0.875. The van der Waals surface area contributed by atoms with Gasteiger partial charge in [-0.2, -0.15) is 0 Å². The molecule has 7 nitrogen and oxygen atoms in total. The maximum absolute atomic E-state index is 13.6. The molecule has 0 saturated heterocycles. The van der Waals surface area contributed by atoms with Crippen molar-refractivity contribution >= 4 is 52.6 Å². The van der Waals surface area contributed by atoms with Crippen molar-refractivity contribution in [3.63, 3.8) is 0 Å². The highest BCUT2D eigenvalue weighted by atomic mass is 35.5. The number of rotatable bonds is 6. The number of halogens is 2. The van der Waals surface area contributed by atoms with E-state index in [1.54, 1.807) is 55.5 Å². The Morgan fingerprint density at radius 3 is 2.53 bits per heavy atom. The zero-order valence-corrected chi connectivity index (χ0v) is 21.6. The lowest BCUT2D eigenvalue weighted by atomic mass is 9.95. The first-order chi connectivity index (χ1) is 17.2. The van der Waals surface area contributed by atoms with Crippen molar-refractivity contribution in [2.75, 3.05) is 13.7 Å². The van der Waals surface area contributed by atoms with Crippen molar-refractivity contribution < 1.29 is 19.1 Å². The molecule has 0 amide bonds. The largest absolute Gasteiger partial charge is 0.465 e. The molecule has 0 radical (unpaired) electrons. The topological polar surface area (TPSA) is 87.0 Å². The van der Waals surface area contributed by atoms with Crippen LogP contribution in [0.4, 0.5) is 0 Å². The number of nitrogens with zero attached hydrogens (tertiary/aromatic N) is 2. The first kappa shape index (κ1) is 25.6. The molecule has 4 rings (SSSR count). The Morgan fingerprint density at radius 1 is 1.17 bits per heavy atom. The number of carbonyl (C=O) groups excluding carboxylic acids is 2. The SMILES string of the molecule is C=CCOC(=O)C1=C(C)N=c2sc(=Cc3ccc(Cl)cc3Cl)c(=O)n2C1c1ccc(C(=O)OC)cc1. The van der Waals surface area contributed by atoms with Gasteiger partial charge in [0.2, 0.25) is 0 Å². The number of hydrogen-bond donors (Lipinski definition) is 0. The van der Waals surface area contributed by atoms with Gasteiger partial charge in [-0.25, -0.2) is 14.6 Å². The molecule has 1 atom stereocenters. The lowest BCUT2D eigenvalue weighted by Gasteiger charge is -2.24. The maximum Gasteiger partial charge on any atom is 0.338 e. The Morgan fingerprint density at radius 2 is 1.89 bits per heavy atom. The monoisotopic (exact) mass is 542 g/mol. The summed E-state index contributed by atoms with van der Waals surface area (Å²) in [5.74, 6) is -1.11. The summed E-state index contributed by atoms with van der Waals surface area (Å²) in [6.07, 6.45) is 3.12. The molecular formula is C26H20Cl2N2O5S. The van der Waals surface area contributed by atoms with Crippen molar-refractivity contribution in [1.29, 1.82) is 0 Å². The molecule has 0 saturated carbocycles. The molecule has 1 aliphatic heterocycles. The van der Waals surface area contributed by atoms with Crippen molar-refractivity contribution in [3.8, 4) is 0 Å². The van der Waals surface area contributed by atoms with Crippen LogP contribution in [-0.2, 0) is 14.3 Å². The zero-order chi connectivity index (χ0) is 26.0. The second-order valence-corrected chi connectivity index (χ2v) is 9.60. The predicted octanol–water partition coefficient (Wildman–Crippen LogP) is 4.06. The lowest BCUT2D eigenvalue weighted by molar-refractivity contribution is -0.138. The second-order valence-electron chi connectivity index (χ2n) is 7.75. The minimum absolute atomic E-state index is 0.00307. The fourth-order valence-electron chi connectivity index (χ4n) is 3.79. The maximum atomic E-state index is 13.6. The fraction of sp³-hybridized carbons (Fsp3) is 0.154. The van der Waals surface area contributed by atoms with Gasteiger partial charge in [-0.15, -0.1) is 0 Å².